The molecule has 0 bridgehead atoms. The lowest BCUT2D eigenvalue weighted by Crippen LogP contribution is -2.30. The van der Waals surface area contributed by atoms with Gasteiger partial charge in [-0.1, -0.05) is 25.0 Å². The lowest BCUT2D eigenvalue weighted by atomic mass is 9.84. The smallest absolute Gasteiger partial charge is 0.150 e. The molecule has 0 saturated heterocycles. The van der Waals surface area contributed by atoms with Crippen LogP contribution >= 0.6 is 0 Å². The fourth-order valence-electron chi connectivity index (χ4n) is 5.04. The second kappa shape index (κ2) is 9.74. The van der Waals surface area contributed by atoms with Crippen LogP contribution in [0.3, 0.4) is 0 Å². The van der Waals surface area contributed by atoms with Crippen molar-refractivity contribution in [2.45, 2.75) is 51.1 Å². The second-order valence-electron chi connectivity index (χ2n) is 8.98. The van der Waals surface area contributed by atoms with Gasteiger partial charge in [-0.3, -0.25) is 4.90 Å². The summed E-state index contributed by atoms with van der Waals surface area (Å²) >= 11 is 0. The van der Waals surface area contributed by atoms with Crippen LogP contribution in [0.15, 0.2) is 64.3 Å². The maximum Gasteiger partial charge on any atom is 0.150 e. The average molecular weight is 433 g/mol. The predicted octanol–water partition coefficient (Wildman–Crippen LogP) is 5.63. The summed E-state index contributed by atoms with van der Waals surface area (Å²) in [6.45, 7) is 2.48. The highest BCUT2D eigenvalue weighted by Gasteiger charge is 2.35. The Hall–Kier alpha value is -2.86. The second-order valence-corrected chi connectivity index (χ2v) is 8.98. The molecule has 3 aromatic rings. The zero-order valence-electron chi connectivity index (χ0n) is 18.8. The molecule has 6 nitrogen and oxygen atoms in total. The summed E-state index contributed by atoms with van der Waals surface area (Å²) < 4.78 is 13.7. The molecule has 2 unspecified atom stereocenters. The van der Waals surface area contributed by atoms with E-state index in [0.29, 0.717) is 12.5 Å². The van der Waals surface area contributed by atoms with Crippen molar-refractivity contribution in [3.8, 4) is 5.75 Å². The highest BCUT2D eigenvalue weighted by Crippen LogP contribution is 2.41. The van der Waals surface area contributed by atoms with Crippen LogP contribution in [-0.2, 0) is 6.54 Å². The van der Waals surface area contributed by atoms with Gasteiger partial charge in [-0.2, -0.15) is 5.10 Å². The molecule has 1 aromatic carbocycles. The van der Waals surface area contributed by atoms with Gasteiger partial charge in [0.05, 0.1) is 31.7 Å². The molecule has 3 heterocycles. The first-order valence-corrected chi connectivity index (χ1v) is 11.8. The number of aliphatic imine (C=N–C) groups is 1. The van der Waals surface area contributed by atoms with Gasteiger partial charge in [0.15, 0.2) is 5.82 Å². The first kappa shape index (κ1) is 21.0. The summed E-state index contributed by atoms with van der Waals surface area (Å²) in [5.41, 5.74) is 2.62. The van der Waals surface area contributed by atoms with Crippen molar-refractivity contribution in [2.75, 3.05) is 20.2 Å². The van der Waals surface area contributed by atoms with Crippen molar-refractivity contribution in [1.82, 2.24) is 14.7 Å². The minimum Gasteiger partial charge on any atom is -0.494 e. The third-order valence-corrected chi connectivity index (χ3v) is 6.59. The Bertz CT molecular complexity index is 1040. The van der Waals surface area contributed by atoms with E-state index < -0.39 is 0 Å². The van der Waals surface area contributed by atoms with Crippen LogP contribution in [0.25, 0.3) is 0 Å². The number of fused-ring (bicyclic) bond motifs is 2. The van der Waals surface area contributed by atoms with Crippen molar-refractivity contribution < 1.29 is 9.15 Å². The molecule has 1 fully saturated rings. The van der Waals surface area contributed by atoms with Gasteiger partial charge in [0, 0.05) is 24.2 Å². The number of aromatic nitrogens is 2. The van der Waals surface area contributed by atoms with E-state index in [4.69, 9.17) is 14.1 Å². The lowest BCUT2D eigenvalue weighted by Gasteiger charge is -2.32. The molecule has 5 rings (SSSR count). The number of ether oxygens (including phenoxy) is 1. The van der Waals surface area contributed by atoms with E-state index in [1.54, 1.807) is 6.26 Å². The van der Waals surface area contributed by atoms with Gasteiger partial charge in [-0.05, 0) is 62.6 Å². The molecular weight excluding hydrogens is 400 g/mol. The zero-order chi connectivity index (χ0) is 21.8. The van der Waals surface area contributed by atoms with Crippen molar-refractivity contribution in [1.29, 1.82) is 0 Å². The van der Waals surface area contributed by atoms with Gasteiger partial charge in [0.1, 0.15) is 11.5 Å². The first-order valence-electron chi connectivity index (χ1n) is 11.8. The highest BCUT2D eigenvalue weighted by atomic mass is 16.5. The normalized spacial score (nSPS) is 20.4. The van der Waals surface area contributed by atoms with Gasteiger partial charge in [-0.25, -0.2) is 9.67 Å². The van der Waals surface area contributed by atoms with Gasteiger partial charge >= 0.3 is 0 Å². The quantitative estimate of drug-likeness (QED) is 0.433. The molecule has 0 N–H and O–H groups in total. The number of nitrogens with zero attached hydrogens (tertiary/aromatic N) is 4. The predicted molar refractivity (Wildman–Crippen MR) is 126 cm³/mol. The van der Waals surface area contributed by atoms with E-state index in [1.807, 2.05) is 24.4 Å². The molecule has 0 amide bonds. The van der Waals surface area contributed by atoms with E-state index in [-0.39, 0.29) is 6.04 Å². The van der Waals surface area contributed by atoms with Crippen LogP contribution < -0.4 is 4.74 Å². The third kappa shape index (κ3) is 4.65. The molecule has 1 aliphatic heterocycles. The van der Waals surface area contributed by atoms with Crippen molar-refractivity contribution in [3.63, 3.8) is 0 Å². The van der Waals surface area contributed by atoms with Gasteiger partial charge in [-0.15, -0.1) is 0 Å². The van der Waals surface area contributed by atoms with E-state index in [9.17, 15) is 0 Å². The number of furan rings is 1. The first-order chi connectivity index (χ1) is 15.8. The summed E-state index contributed by atoms with van der Waals surface area (Å²) in [7, 11) is 2.11. The molecule has 0 spiro atoms. The van der Waals surface area contributed by atoms with Crippen LogP contribution in [0.4, 0.5) is 5.82 Å². The van der Waals surface area contributed by atoms with Crippen molar-refractivity contribution in [3.05, 3.63) is 66.2 Å². The Balaban J connectivity index is 1.24. The Morgan fingerprint density at radius 1 is 1.16 bits per heavy atom. The molecule has 0 radical (unpaired) electrons. The van der Waals surface area contributed by atoms with Gasteiger partial charge in [0.2, 0.25) is 0 Å². The Labute approximate surface area is 189 Å². The molecule has 1 saturated carbocycles. The Morgan fingerprint density at radius 2 is 2.12 bits per heavy atom. The highest BCUT2D eigenvalue weighted by molar-refractivity contribution is 5.90. The standard InChI is InChI=1S/C26H32N4O2/c1-29(19-22-10-6-16-32-22)15-7-17-31-21-9-5-8-20(18-21)26-23-11-3-2-4-12-24(23)28-25-13-14-27-30(25)26/h5-6,8-10,13-14,16,18,23,26H,2-4,7,11-12,15,17,19H2,1H3. The van der Waals surface area contributed by atoms with Crippen LogP contribution in [0.1, 0.15) is 55.9 Å². The van der Waals surface area contributed by atoms with Crippen LogP contribution in [0.2, 0.25) is 0 Å². The van der Waals surface area contributed by atoms with Gasteiger partial charge < -0.3 is 9.15 Å². The summed E-state index contributed by atoms with van der Waals surface area (Å²) in [5.74, 6) is 3.33. The van der Waals surface area contributed by atoms with Crippen LogP contribution in [0.5, 0.6) is 5.75 Å². The maximum atomic E-state index is 6.14. The van der Waals surface area contributed by atoms with Crippen molar-refractivity contribution >= 4 is 11.5 Å². The SMILES string of the molecule is CN(CCCOc1cccc(C2C3CCCCCC3=Nc3ccnn32)c1)Cc1ccco1. The topological polar surface area (TPSA) is 55.8 Å². The molecule has 1 aliphatic carbocycles. The van der Waals surface area contributed by atoms with E-state index in [0.717, 1.165) is 43.3 Å². The molecule has 32 heavy (non-hydrogen) atoms. The zero-order valence-corrected chi connectivity index (χ0v) is 18.8. The average Bonchev–Trinajstić information content (AvgIpc) is 3.43. The monoisotopic (exact) mass is 432 g/mol. The number of hydrogen-bond donors (Lipinski definition) is 0. The summed E-state index contributed by atoms with van der Waals surface area (Å²) in [5, 5.41) is 4.65. The molecule has 168 valence electrons. The summed E-state index contributed by atoms with van der Waals surface area (Å²) in [4.78, 5) is 7.22. The minimum atomic E-state index is 0.202. The number of rotatable bonds is 8. The van der Waals surface area contributed by atoms with E-state index >= 15 is 0 Å². The molecule has 2 atom stereocenters. The van der Waals surface area contributed by atoms with Crippen LogP contribution in [-0.4, -0.2) is 40.6 Å². The van der Waals surface area contributed by atoms with E-state index in [1.165, 1.54) is 37.0 Å². The van der Waals surface area contributed by atoms with Crippen molar-refractivity contribution in [2.24, 2.45) is 10.9 Å². The summed E-state index contributed by atoms with van der Waals surface area (Å²) in [6, 6.07) is 14.8. The summed E-state index contributed by atoms with van der Waals surface area (Å²) in [6.07, 6.45) is 10.6. The molecule has 2 aromatic heterocycles. The largest absolute Gasteiger partial charge is 0.494 e. The lowest BCUT2D eigenvalue weighted by molar-refractivity contribution is 0.247. The Kier molecular flexibility index (Phi) is 6.39. The van der Waals surface area contributed by atoms with E-state index in [2.05, 4.69) is 46.0 Å². The molecule has 6 heteroatoms. The van der Waals surface area contributed by atoms with Gasteiger partial charge in [0.25, 0.3) is 0 Å². The Morgan fingerprint density at radius 3 is 3.03 bits per heavy atom. The number of hydrogen-bond acceptors (Lipinski definition) is 5. The maximum absolute atomic E-state index is 6.14. The fraction of sp³-hybridized carbons (Fsp3) is 0.462. The number of benzene rings is 1. The van der Waals surface area contributed by atoms with Crippen LogP contribution in [0, 0.1) is 5.92 Å². The fourth-order valence-corrected chi connectivity index (χ4v) is 5.04. The molecule has 2 aliphatic rings. The minimum absolute atomic E-state index is 0.202. The molecular formula is C26H32N4O2. The third-order valence-electron chi connectivity index (χ3n) is 6.59.